The lowest BCUT2D eigenvalue weighted by molar-refractivity contribution is 0.0994. The fraction of sp³-hybridized carbons (Fsp3) is 0.643. The fourth-order valence-corrected chi connectivity index (χ4v) is 2.47. The normalized spacial score (nSPS) is 16.1. The third-order valence-electron chi connectivity index (χ3n) is 3.76. The minimum absolute atomic E-state index is 0.205. The number of amides is 1. The molecule has 7 nitrogen and oxygen atoms in total. The number of primary amides is 1. The minimum atomic E-state index is -0.546. The van der Waals surface area contributed by atoms with Crippen LogP contribution in [-0.4, -0.2) is 56.0 Å². The molecule has 1 aromatic rings. The maximum absolute atomic E-state index is 11.0. The van der Waals surface area contributed by atoms with Crippen LogP contribution < -0.4 is 16.0 Å². The Kier molecular flexibility index (Phi) is 5.89. The number of nitrogens with one attached hydrogen (secondary N) is 1. The van der Waals surface area contributed by atoms with Crippen molar-refractivity contribution in [2.24, 2.45) is 11.7 Å². The molecule has 0 atom stereocenters. The smallest absolute Gasteiger partial charge is 0.269 e. The van der Waals surface area contributed by atoms with Crippen molar-refractivity contribution >= 4 is 11.7 Å². The van der Waals surface area contributed by atoms with E-state index in [1.165, 1.54) is 0 Å². The van der Waals surface area contributed by atoms with Gasteiger partial charge in [-0.25, -0.2) is 0 Å². The number of hydrogen-bond acceptors (Lipinski definition) is 6. The van der Waals surface area contributed by atoms with Gasteiger partial charge in [0.05, 0.1) is 6.61 Å². The Labute approximate surface area is 124 Å². The quantitative estimate of drug-likeness (QED) is 0.689. The van der Waals surface area contributed by atoms with E-state index in [4.69, 9.17) is 10.5 Å². The topological polar surface area (TPSA) is 93.4 Å². The number of rotatable bonds is 7. The second kappa shape index (κ2) is 7.90. The summed E-state index contributed by atoms with van der Waals surface area (Å²) in [4.78, 5) is 13.2. The molecule has 7 heteroatoms. The highest BCUT2D eigenvalue weighted by molar-refractivity contribution is 5.90. The molecule has 3 N–H and O–H groups in total. The molecule has 1 aromatic heterocycles. The van der Waals surface area contributed by atoms with Crippen molar-refractivity contribution in [3.05, 3.63) is 17.8 Å². The van der Waals surface area contributed by atoms with E-state index in [-0.39, 0.29) is 5.69 Å². The Morgan fingerprint density at radius 1 is 1.43 bits per heavy atom. The van der Waals surface area contributed by atoms with E-state index in [9.17, 15) is 4.79 Å². The van der Waals surface area contributed by atoms with E-state index in [0.717, 1.165) is 51.4 Å². The summed E-state index contributed by atoms with van der Waals surface area (Å²) in [6, 6.07) is 3.44. The highest BCUT2D eigenvalue weighted by Crippen LogP contribution is 2.20. The number of ether oxygens (including phenoxy) is 1. The van der Waals surface area contributed by atoms with Crippen molar-refractivity contribution in [2.45, 2.75) is 12.8 Å². The summed E-state index contributed by atoms with van der Waals surface area (Å²) < 4.78 is 5.01. The molecule has 1 aliphatic heterocycles. The van der Waals surface area contributed by atoms with Gasteiger partial charge in [-0.3, -0.25) is 4.79 Å². The largest absolute Gasteiger partial charge is 0.383 e. The van der Waals surface area contributed by atoms with E-state index in [0.29, 0.717) is 5.92 Å². The van der Waals surface area contributed by atoms with Crippen LogP contribution in [0.3, 0.4) is 0 Å². The van der Waals surface area contributed by atoms with Gasteiger partial charge in [-0.15, -0.1) is 10.2 Å². The zero-order valence-electron chi connectivity index (χ0n) is 12.4. The van der Waals surface area contributed by atoms with E-state index in [1.54, 1.807) is 13.2 Å². The van der Waals surface area contributed by atoms with Crippen molar-refractivity contribution in [1.82, 2.24) is 15.5 Å². The lowest BCUT2D eigenvalue weighted by Gasteiger charge is -2.32. The van der Waals surface area contributed by atoms with Crippen LogP contribution >= 0.6 is 0 Å². The zero-order chi connectivity index (χ0) is 15.1. The first kappa shape index (κ1) is 15.7. The second-order valence-corrected chi connectivity index (χ2v) is 5.27. The predicted octanol–water partition coefficient (Wildman–Crippen LogP) is 0.0279. The summed E-state index contributed by atoms with van der Waals surface area (Å²) in [5.74, 6) is 0.955. The van der Waals surface area contributed by atoms with E-state index < -0.39 is 5.91 Å². The van der Waals surface area contributed by atoms with E-state index >= 15 is 0 Å². The number of hydrogen-bond donors (Lipinski definition) is 2. The monoisotopic (exact) mass is 293 g/mol. The number of nitrogens with zero attached hydrogens (tertiary/aromatic N) is 3. The number of nitrogens with two attached hydrogens (primary N) is 1. The van der Waals surface area contributed by atoms with E-state index in [1.807, 2.05) is 6.07 Å². The lowest BCUT2D eigenvalue weighted by atomic mass is 9.97. The van der Waals surface area contributed by atoms with Crippen molar-refractivity contribution in [3.8, 4) is 0 Å². The van der Waals surface area contributed by atoms with Gasteiger partial charge in [0.2, 0.25) is 0 Å². The van der Waals surface area contributed by atoms with Crippen molar-refractivity contribution in [3.63, 3.8) is 0 Å². The summed E-state index contributed by atoms with van der Waals surface area (Å²) >= 11 is 0. The Balaban J connectivity index is 1.76. The van der Waals surface area contributed by atoms with Gasteiger partial charge >= 0.3 is 0 Å². The Morgan fingerprint density at radius 2 is 2.19 bits per heavy atom. The summed E-state index contributed by atoms with van der Waals surface area (Å²) in [6.45, 7) is 4.60. The number of anilines is 1. The van der Waals surface area contributed by atoms with Gasteiger partial charge in [0, 0.05) is 26.7 Å². The van der Waals surface area contributed by atoms with Gasteiger partial charge in [-0.2, -0.15) is 0 Å². The maximum atomic E-state index is 11.0. The molecule has 21 heavy (non-hydrogen) atoms. The van der Waals surface area contributed by atoms with Crippen molar-refractivity contribution < 1.29 is 9.53 Å². The molecule has 2 heterocycles. The lowest BCUT2D eigenvalue weighted by Crippen LogP contribution is -2.38. The molecule has 1 saturated heterocycles. The van der Waals surface area contributed by atoms with Crippen LogP contribution in [0.25, 0.3) is 0 Å². The van der Waals surface area contributed by atoms with Crippen LogP contribution in [0.15, 0.2) is 12.1 Å². The molecule has 0 radical (unpaired) electrons. The molecule has 1 amide bonds. The van der Waals surface area contributed by atoms with Gasteiger partial charge in [0.25, 0.3) is 5.91 Å². The molecule has 1 aliphatic rings. The number of methoxy groups -OCH3 is 1. The molecule has 0 bridgehead atoms. The highest BCUT2D eigenvalue weighted by atomic mass is 16.5. The highest BCUT2D eigenvalue weighted by Gasteiger charge is 2.20. The first-order valence-corrected chi connectivity index (χ1v) is 7.29. The number of carbonyl (C=O) groups is 1. The fourth-order valence-electron chi connectivity index (χ4n) is 2.47. The first-order chi connectivity index (χ1) is 10.2. The summed E-state index contributed by atoms with van der Waals surface area (Å²) in [5.41, 5.74) is 5.36. The third kappa shape index (κ3) is 4.64. The zero-order valence-corrected chi connectivity index (χ0v) is 12.4. The molecule has 0 aromatic carbocycles. The average Bonchev–Trinajstić information content (AvgIpc) is 2.52. The Hall–Kier alpha value is -1.73. The third-order valence-corrected chi connectivity index (χ3v) is 3.76. The molecule has 2 rings (SSSR count). The van der Waals surface area contributed by atoms with Gasteiger partial charge in [0.15, 0.2) is 11.5 Å². The summed E-state index contributed by atoms with van der Waals surface area (Å²) in [7, 11) is 1.71. The second-order valence-electron chi connectivity index (χ2n) is 5.27. The molecule has 1 fully saturated rings. The van der Waals surface area contributed by atoms with Gasteiger partial charge in [0.1, 0.15) is 0 Å². The first-order valence-electron chi connectivity index (χ1n) is 7.29. The SMILES string of the molecule is COCCNCC1CCN(c2ccc(C(N)=O)nn2)CC1. The average molecular weight is 293 g/mol. The van der Waals surface area contributed by atoms with Gasteiger partial charge in [-0.1, -0.05) is 0 Å². The van der Waals surface area contributed by atoms with E-state index in [2.05, 4.69) is 20.4 Å². The Bertz CT molecular complexity index is 443. The maximum Gasteiger partial charge on any atom is 0.269 e. The standard InChI is InChI=1S/C14H23N5O2/c1-21-9-6-16-10-11-4-7-19(8-5-11)13-3-2-12(14(15)20)17-18-13/h2-3,11,16H,4-10H2,1H3,(H2,15,20). The van der Waals surface area contributed by atoms with Crippen LogP contribution in [0.2, 0.25) is 0 Å². The molecule has 0 spiro atoms. The molecule has 0 aliphatic carbocycles. The van der Waals surface area contributed by atoms with Gasteiger partial charge in [-0.05, 0) is 37.4 Å². The predicted molar refractivity (Wildman–Crippen MR) is 80.2 cm³/mol. The molecular formula is C14H23N5O2. The molecule has 0 saturated carbocycles. The van der Waals surface area contributed by atoms with Crippen molar-refractivity contribution in [2.75, 3.05) is 44.8 Å². The molecule has 0 unspecified atom stereocenters. The van der Waals surface area contributed by atoms with Crippen LogP contribution in [0.5, 0.6) is 0 Å². The van der Waals surface area contributed by atoms with Crippen molar-refractivity contribution in [1.29, 1.82) is 0 Å². The minimum Gasteiger partial charge on any atom is -0.383 e. The molecule has 116 valence electrons. The number of aromatic nitrogens is 2. The number of piperidine rings is 1. The number of carbonyl (C=O) groups excluding carboxylic acids is 1. The van der Waals surface area contributed by atoms with Crippen LogP contribution in [0, 0.1) is 5.92 Å². The molecular weight excluding hydrogens is 270 g/mol. The summed E-state index contributed by atoms with van der Waals surface area (Å²) in [6.07, 6.45) is 2.25. The summed E-state index contributed by atoms with van der Waals surface area (Å²) in [5, 5.41) is 11.3. The Morgan fingerprint density at radius 3 is 2.76 bits per heavy atom. The van der Waals surface area contributed by atoms with Gasteiger partial charge < -0.3 is 20.7 Å². The van der Waals surface area contributed by atoms with Crippen LogP contribution in [-0.2, 0) is 4.74 Å². The van der Waals surface area contributed by atoms with Crippen LogP contribution in [0.1, 0.15) is 23.3 Å². The van der Waals surface area contributed by atoms with Crippen LogP contribution in [0.4, 0.5) is 5.82 Å².